The zero-order chi connectivity index (χ0) is 10.7. The Balaban J connectivity index is 1.99. The molecule has 1 aromatic carbocycles. The first kappa shape index (κ1) is 10.2. The van der Waals surface area contributed by atoms with Gasteiger partial charge in [0.1, 0.15) is 17.0 Å². The summed E-state index contributed by atoms with van der Waals surface area (Å²) in [5.74, 6) is 1.53. The van der Waals surface area contributed by atoms with Crippen molar-refractivity contribution in [3.63, 3.8) is 0 Å². The number of rotatable bonds is 3. The maximum absolute atomic E-state index is 5.53. The lowest BCUT2D eigenvalue weighted by Gasteiger charge is -2.03. The average Bonchev–Trinajstić information content (AvgIpc) is 2.62. The Morgan fingerprint density at radius 3 is 2.93 bits per heavy atom. The van der Waals surface area contributed by atoms with Gasteiger partial charge in [0, 0.05) is 6.07 Å². The van der Waals surface area contributed by atoms with E-state index in [0.29, 0.717) is 17.0 Å². The fraction of sp³-hybridized carbons (Fsp3) is 0.182. The van der Waals surface area contributed by atoms with Crippen LogP contribution >= 0.6 is 15.9 Å². The summed E-state index contributed by atoms with van der Waals surface area (Å²) >= 11 is 3.21. The first-order valence-corrected chi connectivity index (χ1v) is 5.34. The van der Waals surface area contributed by atoms with Gasteiger partial charge in [0.2, 0.25) is 0 Å². The molecule has 0 saturated carbocycles. The monoisotopic (exact) mass is 267 g/mol. The van der Waals surface area contributed by atoms with Gasteiger partial charge >= 0.3 is 0 Å². The largest absolute Gasteiger partial charge is 0.486 e. The van der Waals surface area contributed by atoms with Crippen LogP contribution in [0.3, 0.4) is 0 Å². The van der Waals surface area contributed by atoms with Gasteiger partial charge in [0.05, 0.1) is 0 Å². The zero-order valence-electron chi connectivity index (χ0n) is 8.24. The Labute approximate surface area is 96.2 Å². The number of aryl methyl sites for hydroxylation is 1. The summed E-state index contributed by atoms with van der Waals surface area (Å²) in [6, 6.07) is 9.67. The van der Waals surface area contributed by atoms with Crippen LogP contribution in [-0.2, 0) is 6.61 Å². The number of benzene rings is 1. The molecule has 0 N–H and O–H groups in total. The summed E-state index contributed by atoms with van der Waals surface area (Å²) in [6.45, 7) is 2.42. The van der Waals surface area contributed by atoms with Gasteiger partial charge in [0.15, 0.2) is 5.76 Å². The van der Waals surface area contributed by atoms with Gasteiger partial charge in [-0.2, -0.15) is 0 Å². The molecule has 78 valence electrons. The fourth-order valence-electron chi connectivity index (χ4n) is 1.22. The molecule has 0 aliphatic carbocycles. The van der Waals surface area contributed by atoms with Crippen LogP contribution in [0.2, 0.25) is 0 Å². The van der Waals surface area contributed by atoms with Gasteiger partial charge < -0.3 is 9.26 Å². The van der Waals surface area contributed by atoms with Crippen molar-refractivity contribution in [1.29, 1.82) is 0 Å². The summed E-state index contributed by atoms with van der Waals surface area (Å²) in [4.78, 5) is 0. The molecule has 2 rings (SSSR count). The number of hydrogen-bond acceptors (Lipinski definition) is 3. The Morgan fingerprint density at radius 1 is 1.40 bits per heavy atom. The second kappa shape index (κ2) is 4.49. The molecule has 0 aliphatic rings. The van der Waals surface area contributed by atoms with Crippen LogP contribution in [0.15, 0.2) is 39.5 Å². The van der Waals surface area contributed by atoms with E-state index in [4.69, 9.17) is 9.26 Å². The highest BCUT2D eigenvalue weighted by atomic mass is 79.9. The van der Waals surface area contributed by atoms with E-state index < -0.39 is 0 Å². The number of aromatic nitrogens is 1. The highest BCUT2D eigenvalue weighted by Gasteiger charge is 2.02. The third-order valence-corrected chi connectivity index (χ3v) is 2.27. The smallest absolute Gasteiger partial charge is 0.175 e. The van der Waals surface area contributed by atoms with Crippen molar-refractivity contribution in [3.8, 4) is 5.75 Å². The van der Waals surface area contributed by atoms with Crippen LogP contribution < -0.4 is 4.74 Å². The van der Waals surface area contributed by atoms with Gasteiger partial charge in [0.25, 0.3) is 0 Å². The van der Waals surface area contributed by atoms with Crippen molar-refractivity contribution in [2.75, 3.05) is 0 Å². The van der Waals surface area contributed by atoms with E-state index >= 15 is 0 Å². The summed E-state index contributed by atoms with van der Waals surface area (Å²) in [6.07, 6.45) is 0. The van der Waals surface area contributed by atoms with Crippen molar-refractivity contribution < 1.29 is 9.26 Å². The van der Waals surface area contributed by atoms with E-state index in [0.717, 1.165) is 5.75 Å². The molecule has 0 bridgehead atoms. The molecule has 4 heteroatoms. The van der Waals surface area contributed by atoms with Crippen molar-refractivity contribution in [3.05, 3.63) is 46.3 Å². The molecular formula is C11H10BrNO2. The second-order valence-corrected chi connectivity index (χ2v) is 4.03. The van der Waals surface area contributed by atoms with Crippen molar-refractivity contribution in [2.24, 2.45) is 0 Å². The lowest BCUT2D eigenvalue weighted by Crippen LogP contribution is -1.93. The third-order valence-electron chi connectivity index (χ3n) is 1.90. The number of ether oxygens (including phenoxy) is 1. The minimum Gasteiger partial charge on any atom is -0.486 e. The van der Waals surface area contributed by atoms with Crippen LogP contribution in [0.25, 0.3) is 0 Å². The highest BCUT2D eigenvalue weighted by Crippen LogP contribution is 2.16. The standard InChI is InChI=1S/C11H10BrNO2/c1-8-3-2-4-9(5-8)14-7-10-6-11(12)13-15-10/h2-6H,7H2,1H3. The van der Waals surface area contributed by atoms with Crippen molar-refractivity contribution in [1.82, 2.24) is 5.16 Å². The summed E-state index contributed by atoms with van der Waals surface area (Å²) < 4.78 is 11.2. The zero-order valence-corrected chi connectivity index (χ0v) is 9.82. The minimum atomic E-state index is 0.391. The van der Waals surface area contributed by atoms with E-state index in [2.05, 4.69) is 21.1 Å². The van der Waals surface area contributed by atoms with Crippen LogP contribution in [0.4, 0.5) is 0 Å². The third kappa shape index (κ3) is 2.83. The summed E-state index contributed by atoms with van der Waals surface area (Å²) in [5, 5.41) is 3.71. The normalized spacial score (nSPS) is 10.3. The molecule has 0 radical (unpaired) electrons. The number of halogens is 1. The molecule has 1 aromatic heterocycles. The maximum atomic E-state index is 5.53. The van der Waals surface area contributed by atoms with Crippen molar-refractivity contribution in [2.45, 2.75) is 13.5 Å². The lowest BCUT2D eigenvalue weighted by atomic mass is 10.2. The highest BCUT2D eigenvalue weighted by molar-refractivity contribution is 9.10. The Morgan fingerprint density at radius 2 is 2.27 bits per heavy atom. The molecule has 2 aromatic rings. The second-order valence-electron chi connectivity index (χ2n) is 3.22. The van der Waals surface area contributed by atoms with Crippen molar-refractivity contribution >= 4 is 15.9 Å². The van der Waals surface area contributed by atoms with Crippen LogP contribution in [0, 0.1) is 6.92 Å². The van der Waals surface area contributed by atoms with Crippen LogP contribution in [-0.4, -0.2) is 5.16 Å². The topological polar surface area (TPSA) is 35.3 Å². The van der Waals surface area contributed by atoms with Crippen LogP contribution in [0.1, 0.15) is 11.3 Å². The Bertz CT molecular complexity index is 453. The van der Waals surface area contributed by atoms with Gasteiger partial charge in [-0.3, -0.25) is 0 Å². The van der Waals surface area contributed by atoms with Gasteiger partial charge in [-0.25, -0.2) is 0 Å². The van der Waals surface area contributed by atoms with E-state index in [1.54, 1.807) is 6.07 Å². The molecule has 0 unspecified atom stereocenters. The van der Waals surface area contributed by atoms with E-state index in [1.807, 2.05) is 31.2 Å². The lowest BCUT2D eigenvalue weighted by molar-refractivity contribution is 0.248. The maximum Gasteiger partial charge on any atom is 0.175 e. The molecular weight excluding hydrogens is 258 g/mol. The van der Waals surface area contributed by atoms with Gasteiger partial charge in [-0.1, -0.05) is 17.3 Å². The molecule has 0 fully saturated rings. The Kier molecular flexibility index (Phi) is 3.06. The molecule has 15 heavy (non-hydrogen) atoms. The van der Waals surface area contributed by atoms with E-state index in [-0.39, 0.29) is 0 Å². The Hall–Kier alpha value is -1.29. The predicted octanol–water partition coefficient (Wildman–Crippen LogP) is 3.32. The fourth-order valence-corrected chi connectivity index (χ4v) is 1.54. The average molecular weight is 268 g/mol. The molecule has 0 spiro atoms. The van der Waals surface area contributed by atoms with E-state index in [9.17, 15) is 0 Å². The summed E-state index contributed by atoms with van der Waals surface area (Å²) in [7, 11) is 0. The molecule has 1 heterocycles. The molecule has 0 saturated heterocycles. The molecule has 0 atom stereocenters. The summed E-state index contributed by atoms with van der Waals surface area (Å²) in [5.41, 5.74) is 1.17. The molecule has 3 nitrogen and oxygen atoms in total. The molecule has 0 amide bonds. The number of nitrogens with zero attached hydrogens (tertiary/aromatic N) is 1. The van der Waals surface area contributed by atoms with E-state index in [1.165, 1.54) is 5.56 Å². The molecule has 0 aliphatic heterocycles. The number of hydrogen-bond donors (Lipinski definition) is 0. The quantitative estimate of drug-likeness (QED) is 0.856. The van der Waals surface area contributed by atoms with Gasteiger partial charge in [-0.15, -0.1) is 0 Å². The van der Waals surface area contributed by atoms with Gasteiger partial charge in [-0.05, 0) is 40.5 Å². The SMILES string of the molecule is Cc1cccc(OCc2cc(Br)no2)c1. The predicted molar refractivity (Wildman–Crippen MR) is 59.7 cm³/mol. The minimum absolute atomic E-state index is 0.391. The van der Waals surface area contributed by atoms with Crippen LogP contribution in [0.5, 0.6) is 5.75 Å². The first-order valence-electron chi connectivity index (χ1n) is 4.54. The first-order chi connectivity index (χ1) is 7.24.